The number of rotatable bonds is 5. The smallest absolute Gasteiger partial charge is 0.386 e. The van der Waals surface area contributed by atoms with E-state index < -0.39 is 17.8 Å². The summed E-state index contributed by atoms with van der Waals surface area (Å²) in [5.41, 5.74) is -0.236. The first kappa shape index (κ1) is 14.3. The van der Waals surface area contributed by atoms with E-state index in [2.05, 4.69) is 6.92 Å². The van der Waals surface area contributed by atoms with Gasteiger partial charge in [0.15, 0.2) is 0 Å². The van der Waals surface area contributed by atoms with Gasteiger partial charge in [-0.1, -0.05) is 31.9 Å². The van der Waals surface area contributed by atoms with Crippen molar-refractivity contribution >= 4 is 0 Å². The number of aliphatic hydroxyl groups excluding tert-OH is 1. The SMILES string of the molecule is CCCCC1OC1[C@H](O)c1ccc(C(F)(F)F)cc1. The second-order valence-corrected chi connectivity index (χ2v) is 4.85. The molecular formula is C14H17F3O2. The van der Waals surface area contributed by atoms with Crippen molar-refractivity contribution in [2.24, 2.45) is 0 Å². The van der Waals surface area contributed by atoms with E-state index in [0.29, 0.717) is 5.56 Å². The molecule has 1 aliphatic heterocycles. The van der Waals surface area contributed by atoms with Crippen molar-refractivity contribution in [2.75, 3.05) is 0 Å². The number of ether oxygens (including phenoxy) is 1. The van der Waals surface area contributed by atoms with Crippen LogP contribution in [0.15, 0.2) is 24.3 Å². The number of benzene rings is 1. The molecule has 3 atom stereocenters. The molecule has 19 heavy (non-hydrogen) atoms. The van der Waals surface area contributed by atoms with Crippen LogP contribution in [0.5, 0.6) is 0 Å². The number of epoxide rings is 1. The maximum atomic E-state index is 12.4. The second-order valence-electron chi connectivity index (χ2n) is 4.85. The summed E-state index contributed by atoms with van der Waals surface area (Å²) in [4.78, 5) is 0. The fourth-order valence-corrected chi connectivity index (χ4v) is 2.13. The Morgan fingerprint density at radius 2 is 1.89 bits per heavy atom. The predicted octanol–water partition coefficient (Wildman–Crippen LogP) is 3.70. The van der Waals surface area contributed by atoms with Gasteiger partial charge in [0.1, 0.15) is 12.2 Å². The second kappa shape index (κ2) is 5.51. The molecule has 2 nitrogen and oxygen atoms in total. The van der Waals surface area contributed by atoms with Gasteiger partial charge >= 0.3 is 6.18 Å². The zero-order valence-electron chi connectivity index (χ0n) is 10.7. The highest BCUT2D eigenvalue weighted by Gasteiger charge is 2.44. The molecule has 1 N–H and O–H groups in total. The predicted molar refractivity (Wildman–Crippen MR) is 64.6 cm³/mol. The van der Waals surface area contributed by atoms with Gasteiger partial charge in [-0.05, 0) is 24.1 Å². The Labute approximate surface area is 110 Å². The van der Waals surface area contributed by atoms with Crippen LogP contribution in [0.4, 0.5) is 13.2 Å². The summed E-state index contributed by atoms with van der Waals surface area (Å²) >= 11 is 0. The Morgan fingerprint density at radius 1 is 1.26 bits per heavy atom. The minimum absolute atomic E-state index is 0.0391. The molecule has 1 aromatic carbocycles. The van der Waals surface area contributed by atoms with E-state index in [4.69, 9.17) is 4.74 Å². The highest BCUT2D eigenvalue weighted by molar-refractivity contribution is 5.27. The molecule has 0 radical (unpaired) electrons. The first-order chi connectivity index (χ1) is 8.93. The largest absolute Gasteiger partial charge is 0.416 e. The van der Waals surface area contributed by atoms with Crippen LogP contribution in [0.25, 0.3) is 0 Å². The molecule has 106 valence electrons. The maximum Gasteiger partial charge on any atom is 0.416 e. The average Bonchev–Trinajstić information content (AvgIpc) is 3.14. The number of unbranched alkanes of at least 4 members (excludes halogenated alkanes) is 1. The van der Waals surface area contributed by atoms with E-state index in [-0.39, 0.29) is 12.2 Å². The molecule has 2 unspecified atom stereocenters. The lowest BCUT2D eigenvalue weighted by molar-refractivity contribution is -0.137. The van der Waals surface area contributed by atoms with Crippen LogP contribution in [0.2, 0.25) is 0 Å². The molecular weight excluding hydrogens is 257 g/mol. The zero-order chi connectivity index (χ0) is 14.0. The van der Waals surface area contributed by atoms with E-state index in [1.54, 1.807) is 0 Å². The molecule has 1 aromatic rings. The number of aliphatic hydroxyl groups is 1. The molecule has 0 saturated carbocycles. The van der Waals surface area contributed by atoms with Crippen LogP contribution in [-0.2, 0) is 10.9 Å². The fraction of sp³-hybridized carbons (Fsp3) is 0.571. The Kier molecular flexibility index (Phi) is 4.16. The van der Waals surface area contributed by atoms with Crippen LogP contribution in [0.3, 0.4) is 0 Å². The molecule has 2 rings (SSSR count). The van der Waals surface area contributed by atoms with Crippen LogP contribution >= 0.6 is 0 Å². The summed E-state index contributed by atoms with van der Waals surface area (Å²) in [5.74, 6) is 0. The average molecular weight is 274 g/mol. The molecule has 1 aliphatic rings. The summed E-state index contributed by atoms with van der Waals surface area (Å²) in [5, 5.41) is 10.0. The maximum absolute atomic E-state index is 12.4. The highest BCUT2D eigenvalue weighted by Crippen LogP contribution is 2.38. The number of halogens is 3. The minimum atomic E-state index is -4.34. The third-order valence-corrected chi connectivity index (χ3v) is 3.35. The molecule has 0 amide bonds. The Bertz CT molecular complexity index is 414. The summed E-state index contributed by atoms with van der Waals surface area (Å²) in [6.45, 7) is 2.07. The van der Waals surface area contributed by atoms with Gasteiger partial charge in [0.25, 0.3) is 0 Å². The molecule has 0 aliphatic carbocycles. The first-order valence-electron chi connectivity index (χ1n) is 6.44. The van der Waals surface area contributed by atoms with Crippen molar-refractivity contribution in [1.29, 1.82) is 0 Å². The lowest BCUT2D eigenvalue weighted by Gasteiger charge is -2.11. The minimum Gasteiger partial charge on any atom is -0.386 e. The van der Waals surface area contributed by atoms with E-state index in [1.165, 1.54) is 12.1 Å². The van der Waals surface area contributed by atoms with Gasteiger partial charge in [-0.2, -0.15) is 13.2 Å². The standard InChI is InChI=1S/C14H17F3O2/c1-2-3-4-11-13(19-11)12(18)9-5-7-10(8-6-9)14(15,16)17/h5-8,11-13,18H,2-4H2,1H3/t11?,12-,13?/m1/s1. The lowest BCUT2D eigenvalue weighted by atomic mass is 10.0. The third-order valence-electron chi connectivity index (χ3n) is 3.35. The summed E-state index contributed by atoms with van der Waals surface area (Å²) in [7, 11) is 0. The van der Waals surface area contributed by atoms with Gasteiger partial charge in [0, 0.05) is 0 Å². The van der Waals surface area contributed by atoms with Gasteiger partial charge in [0.2, 0.25) is 0 Å². The third kappa shape index (κ3) is 3.48. The molecule has 0 aromatic heterocycles. The van der Waals surface area contributed by atoms with E-state index in [1.807, 2.05) is 0 Å². The Hall–Kier alpha value is -1.07. The molecule has 5 heteroatoms. The summed E-state index contributed by atoms with van der Waals surface area (Å²) < 4.78 is 42.6. The van der Waals surface area contributed by atoms with E-state index in [9.17, 15) is 18.3 Å². The Balaban J connectivity index is 1.96. The number of hydrogen-bond donors (Lipinski definition) is 1. The number of alkyl halides is 3. The summed E-state index contributed by atoms with van der Waals surface area (Å²) in [6, 6.07) is 4.60. The van der Waals surface area contributed by atoms with E-state index in [0.717, 1.165) is 31.4 Å². The normalized spacial score (nSPS) is 24.3. The van der Waals surface area contributed by atoms with Gasteiger partial charge in [-0.3, -0.25) is 0 Å². The molecule has 0 bridgehead atoms. The van der Waals surface area contributed by atoms with Crippen molar-refractivity contribution in [2.45, 2.75) is 50.7 Å². The highest BCUT2D eigenvalue weighted by atomic mass is 19.4. The van der Waals surface area contributed by atoms with E-state index >= 15 is 0 Å². The van der Waals surface area contributed by atoms with Crippen molar-refractivity contribution < 1.29 is 23.0 Å². The van der Waals surface area contributed by atoms with Crippen molar-refractivity contribution in [1.82, 2.24) is 0 Å². The van der Waals surface area contributed by atoms with Gasteiger partial charge in [-0.25, -0.2) is 0 Å². The fourth-order valence-electron chi connectivity index (χ4n) is 2.13. The van der Waals surface area contributed by atoms with Gasteiger partial charge < -0.3 is 9.84 Å². The molecule has 0 spiro atoms. The van der Waals surface area contributed by atoms with Crippen LogP contribution in [-0.4, -0.2) is 17.3 Å². The molecule has 1 fully saturated rings. The van der Waals surface area contributed by atoms with Crippen LogP contribution in [0.1, 0.15) is 43.4 Å². The van der Waals surface area contributed by atoms with Crippen LogP contribution in [0, 0.1) is 0 Å². The topological polar surface area (TPSA) is 32.8 Å². The van der Waals surface area contributed by atoms with Gasteiger partial charge in [-0.15, -0.1) is 0 Å². The lowest BCUT2D eigenvalue weighted by Crippen LogP contribution is -2.10. The van der Waals surface area contributed by atoms with Crippen LogP contribution < -0.4 is 0 Å². The Morgan fingerprint density at radius 3 is 2.42 bits per heavy atom. The quantitative estimate of drug-likeness (QED) is 0.830. The van der Waals surface area contributed by atoms with Crippen molar-refractivity contribution in [3.8, 4) is 0 Å². The first-order valence-corrected chi connectivity index (χ1v) is 6.44. The van der Waals surface area contributed by atoms with Gasteiger partial charge in [0.05, 0.1) is 11.7 Å². The summed E-state index contributed by atoms with van der Waals surface area (Å²) in [6.07, 6.45) is -2.45. The van der Waals surface area contributed by atoms with Crippen molar-refractivity contribution in [3.05, 3.63) is 35.4 Å². The molecule has 1 saturated heterocycles. The number of hydrogen-bond acceptors (Lipinski definition) is 2. The van der Waals surface area contributed by atoms with Crippen molar-refractivity contribution in [3.63, 3.8) is 0 Å². The molecule has 1 heterocycles. The monoisotopic (exact) mass is 274 g/mol. The zero-order valence-corrected chi connectivity index (χ0v) is 10.7.